The fourth-order valence-corrected chi connectivity index (χ4v) is 1.77. The molecule has 0 radical (unpaired) electrons. The second-order valence-corrected chi connectivity index (χ2v) is 5.05. The molecule has 1 rings (SSSR count). The monoisotopic (exact) mass is 323 g/mol. The Labute approximate surface area is 133 Å². The van der Waals surface area contributed by atoms with Crippen molar-refractivity contribution in [1.82, 2.24) is 14.5 Å². The molecule has 1 unspecified atom stereocenters. The first kappa shape index (κ1) is 18.4. The highest BCUT2D eigenvalue weighted by atomic mass is 16.5. The van der Waals surface area contributed by atoms with Crippen molar-refractivity contribution in [1.29, 1.82) is 0 Å². The van der Waals surface area contributed by atoms with Crippen LogP contribution in [0.5, 0.6) is 0 Å². The van der Waals surface area contributed by atoms with Crippen LogP contribution in [-0.4, -0.2) is 33.7 Å². The quantitative estimate of drug-likeness (QED) is 0.565. The molecule has 0 saturated carbocycles. The minimum absolute atomic E-state index is 0.162. The predicted molar refractivity (Wildman–Crippen MR) is 84.8 cm³/mol. The summed E-state index contributed by atoms with van der Waals surface area (Å²) in [5.41, 5.74) is -0.823. The van der Waals surface area contributed by atoms with E-state index in [0.29, 0.717) is 6.54 Å². The van der Waals surface area contributed by atoms with Crippen LogP contribution in [0, 0.1) is 0 Å². The van der Waals surface area contributed by atoms with Crippen LogP contribution in [0.25, 0.3) is 6.08 Å². The van der Waals surface area contributed by atoms with Crippen molar-refractivity contribution in [2.45, 2.75) is 26.4 Å². The van der Waals surface area contributed by atoms with Gasteiger partial charge < -0.3 is 14.6 Å². The molecule has 1 aromatic rings. The summed E-state index contributed by atoms with van der Waals surface area (Å²) in [5, 5.41) is 2.61. The second kappa shape index (κ2) is 8.11. The standard InChI is InChI=1S/C15H21N3O5/c1-5-8-16-13(20)10(2)23-12(19)7-6-11-9-17(3)15(22)18(4)14(11)21/h6-7,9-10H,5,8H2,1-4H3,(H,16,20)/b7-6+. The summed E-state index contributed by atoms with van der Waals surface area (Å²) in [6.45, 7) is 3.88. The summed E-state index contributed by atoms with van der Waals surface area (Å²) in [6, 6.07) is 0. The molecule has 1 atom stereocenters. The van der Waals surface area contributed by atoms with E-state index in [1.807, 2.05) is 6.92 Å². The topological polar surface area (TPSA) is 99.4 Å². The number of esters is 1. The smallest absolute Gasteiger partial charge is 0.331 e. The molecule has 0 fully saturated rings. The summed E-state index contributed by atoms with van der Waals surface area (Å²) in [5.74, 6) is -1.13. The lowest BCUT2D eigenvalue weighted by molar-refractivity contribution is -0.150. The molecular formula is C15H21N3O5. The first-order valence-corrected chi connectivity index (χ1v) is 7.21. The number of carbonyl (C=O) groups is 2. The zero-order valence-electron chi connectivity index (χ0n) is 13.7. The SMILES string of the molecule is CCCNC(=O)C(C)OC(=O)/C=C/c1cn(C)c(=O)n(C)c1=O. The van der Waals surface area contributed by atoms with Gasteiger partial charge >= 0.3 is 11.7 Å². The van der Waals surface area contributed by atoms with Gasteiger partial charge in [-0.1, -0.05) is 6.92 Å². The Morgan fingerprint density at radius 3 is 2.61 bits per heavy atom. The number of ether oxygens (including phenoxy) is 1. The van der Waals surface area contributed by atoms with Gasteiger partial charge in [-0.05, 0) is 19.4 Å². The zero-order chi connectivity index (χ0) is 17.6. The third-order valence-corrected chi connectivity index (χ3v) is 3.08. The molecule has 8 heteroatoms. The molecule has 0 aromatic carbocycles. The molecule has 0 aliphatic heterocycles. The average Bonchev–Trinajstić information content (AvgIpc) is 2.52. The van der Waals surface area contributed by atoms with Crippen LogP contribution in [0.2, 0.25) is 0 Å². The molecule has 0 spiro atoms. The molecule has 126 valence electrons. The lowest BCUT2D eigenvalue weighted by Crippen LogP contribution is -2.37. The van der Waals surface area contributed by atoms with Crippen molar-refractivity contribution in [2.75, 3.05) is 6.54 Å². The van der Waals surface area contributed by atoms with Gasteiger partial charge in [-0.25, -0.2) is 9.59 Å². The van der Waals surface area contributed by atoms with Gasteiger partial charge in [-0.3, -0.25) is 14.2 Å². The molecule has 8 nitrogen and oxygen atoms in total. The van der Waals surface area contributed by atoms with E-state index in [1.54, 1.807) is 0 Å². The Morgan fingerprint density at radius 1 is 1.35 bits per heavy atom. The Balaban J connectivity index is 2.79. The number of nitrogens with zero attached hydrogens (tertiary/aromatic N) is 2. The first-order chi connectivity index (χ1) is 10.8. The van der Waals surface area contributed by atoms with Gasteiger partial charge in [0.15, 0.2) is 6.10 Å². The third-order valence-electron chi connectivity index (χ3n) is 3.08. The number of hydrogen-bond donors (Lipinski definition) is 1. The maximum Gasteiger partial charge on any atom is 0.331 e. The van der Waals surface area contributed by atoms with Crippen LogP contribution < -0.4 is 16.6 Å². The molecule has 23 heavy (non-hydrogen) atoms. The largest absolute Gasteiger partial charge is 0.449 e. The van der Waals surface area contributed by atoms with Crippen molar-refractivity contribution in [3.8, 4) is 0 Å². The summed E-state index contributed by atoms with van der Waals surface area (Å²) in [7, 11) is 2.85. The predicted octanol–water partition coefficient (Wildman–Crippen LogP) is -0.445. The van der Waals surface area contributed by atoms with Crippen LogP contribution in [0.4, 0.5) is 0 Å². The van der Waals surface area contributed by atoms with Gasteiger partial charge in [0.2, 0.25) is 0 Å². The lowest BCUT2D eigenvalue weighted by Gasteiger charge is -2.11. The molecule has 0 saturated heterocycles. The second-order valence-electron chi connectivity index (χ2n) is 5.05. The summed E-state index contributed by atoms with van der Waals surface area (Å²) >= 11 is 0. The normalized spacial score (nSPS) is 12.2. The van der Waals surface area contributed by atoms with Gasteiger partial charge in [0.05, 0.1) is 5.56 Å². The minimum atomic E-state index is -0.929. The molecule has 1 heterocycles. The number of nitrogens with one attached hydrogen (secondary N) is 1. The minimum Gasteiger partial charge on any atom is -0.449 e. The van der Waals surface area contributed by atoms with Crippen molar-refractivity contribution in [3.05, 3.63) is 38.7 Å². The Kier molecular flexibility index (Phi) is 6.49. The van der Waals surface area contributed by atoms with Gasteiger partial charge in [-0.15, -0.1) is 0 Å². The van der Waals surface area contributed by atoms with Crippen LogP contribution >= 0.6 is 0 Å². The fraction of sp³-hybridized carbons (Fsp3) is 0.467. The zero-order valence-corrected chi connectivity index (χ0v) is 13.7. The average molecular weight is 323 g/mol. The van der Waals surface area contributed by atoms with Crippen LogP contribution in [0.1, 0.15) is 25.8 Å². The Hall–Kier alpha value is -2.64. The van der Waals surface area contributed by atoms with E-state index in [2.05, 4.69) is 5.32 Å². The third kappa shape index (κ3) is 4.94. The van der Waals surface area contributed by atoms with E-state index >= 15 is 0 Å². The van der Waals surface area contributed by atoms with E-state index in [0.717, 1.165) is 17.1 Å². The van der Waals surface area contributed by atoms with E-state index < -0.39 is 23.3 Å². The molecular weight excluding hydrogens is 302 g/mol. The highest BCUT2D eigenvalue weighted by molar-refractivity contribution is 5.90. The summed E-state index contributed by atoms with van der Waals surface area (Å²) < 4.78 is 7.11. The lowest BCUT2D eigenvalue weighted by atomic mass is 10.3. The van der Waals surface area contributed by atoms with Crippen molar-refractivity contribution in [2.24, 2.45) is 14.1 Å². The van der Waals surface area contributed by atoms with Gasteiger partial charge in [0.1, 0.15) is 0 Å². The number of carbonyl (C=O) groups excluding carboxylic acids is 2. The highest BCUT2D eigenvalue weighted by Gasteiger charge is 2.15. The Morgan fingerprint density at radius 2 is 2.00 bits per heavy atom. The molecule has 1 aromatic heterocycles. The number of hydrogen-bond acceptors (Lipinski definition) is 5. The van der Waals surface area contributed by atoms with E-state index in [9.17, 15) is 19.2 Å². The van der Waals surface area contributed by atoms with Gasteiger partial charge in [0, 0.05) is 32.9 Å². The van der Waals surface area contributed by atoms with Crippen molar-refractivity contribution in [3.63, 3.8) is 0 Å². The number of aryl methyl sites for hydroxylation is 1. The van der Waals surface area contributed by atoms with Crippen LogP contribution in [0.15, 0.2) is 21.9 Å². The van der Waals surface area contributed by atoms with Crippen molar-refractivity contribution >= 4 is 18.0 Å². The van der Waals surface area contributed by atoms with Crippen LogP contribution in [0.3, 0.4) is 0 Å². The highest BCUT2D eigenvalue weighted by Crippen LogP contribution is 1.97. The molecule has 1 amide bonds. The maximum absolute atomic E-state index is 11.9. The van der Waals surface area contributed by atoms with E-state index in [-0.39, 0.29) is 11.5 Å². The molecule has 0 aliphatic rings. The number of amides is 1. The van der Waals surface area contributed by atoms with Gasteiger partial charge in [-0.2, -0.15) is 0 Å². The van der Waals surface area contributed by atoms with Crippen LogP contribution in [-0.2, 0) is 28.4 Å². The molecule has 0 aliphatic carbocycles. The van der Waals surface area contributed by atoms with E-state index in [1.165, 1.54) is 37.9 Å². The van der Waals surface area contributed by atoms with E-state index in [4.69, 9.17) is 4.74 Å². The first-order valence-electron chi connectivity index (χ1n) is 7.21. The van der Waals surface area contributed by atoms with Gasteiger partial charge in [0.25, 0.3) is 11.5 Å². The number of aromatic nitrogens is 2. The fourth-order valence-electron chi connectivity index (χ4n) is 1.77. The summed E-state index contributed by atoms with van der Waals surface area (Å²) in [6.07, 6.45) is 3.47. The van der Waals surface area contributed by atoms with Crippen molar-refractivity contribution < 1.29 is 14.3 Å². The maximum atomic E-state index is 11.9. The Bertz CT molecular complexity index is 730. The number of rotatable bonds is 6. The summed E-state index contributed by atoms with van der Waals surface area (Å²) in [4.78, 5) is 46.7. The molecule has 1 N–H and O–H groups in total. The molecule has 0 bridgehead atoms.